The Labute approximate surface area is 162 Å². The van der Waals surface area contributed by atoms with Crippen LogP contribution in [0.15, 0.2) is 29.6 Å². The third kappa shape index (κ3) is 4.62. The topological polar surface area (TPSA) is 62.3 Å². The summed E-state index contributed by atoms with van der Waals surface area (Å²) in [5.74, 6) is 0.444. The van der Waals surface area contributed by atoms with Gasteiger partial charge in [0.1, 0.15) is 0 Å². The molecular weight excluding hydrogens is 370 g/mol. The van der Waals surface area contributed by atoms with E-state index in [4.69, 9.17) is 11.6 Å². The Morgan fingerprint density at radius 1 is 1.35 bits per heavy atom. The highest BCUT2D eigenvalue weighted by Gasteiger charge is 2.26. The van der Waals surface area contributed by atoms with E-state index in [1.54, 1.807) is 35.6 Å². The summed E-state index contributed by atoms with van der Waals surface area (Å²) in [5.41, 5.74) is 1.54. The molecule has 1 aliphatic heterocycles. The van der Waals surface area contributed by atoms with Crippen LogP contribution in [-0.4, -0.2) is 34.8 Å². The van der Waals surface area contributed by atoms with Gasteiger partial charge in [-0.15, -0.1) is 11.3 Å². The number of carbonyl (C=O) groups excluding carboxylic acids is 2. The molecule has 2 heterocycles. The van der Waals surface area contributed by atoms with Crippen molar-refractivity contribution in [2.24, 2.45) is 0 Å². The van der Waals surface area contributed by atoms with E-state index in [1.807, 2.05) is 17.2 Å². The van der Waals surface area contributed by atoms with Gasteiger partial charge in [-0.1, -0.05) is 24.6 Å². The van der Waals surface area contributed by atoms with Crippen molar-refractivity contribution in [2.75, 3.05) is 13.1 Å². The van der Waals surface area contributed by atoms with Crippen LogP contribution in [0, 0.1) is 0 Å². The predicted octanol–water partition coefficient (Wildman–Crippen LogP) is 3.84. The molecule has 2 amide bonds. The van der Waals surface area contributed by atoms with Gasteiger partial charge < -0.3 is 10.2 Å². The quantitative estimate of drug-likeness (QED) is 0.842. The fourth-order valence-electron chi connectivity index (χ4n) is 3.04. The zero-order chi connectivity index (χ0) is 18.5. The number of carbonyl (C=O) groups is 2. The molecule has 0 atom stereocenters. The molecule has 1 aromatic carbocycles. The first-order valence-corrected chi connectivity index (χ1v) is 10.1. The molecule has 0 unspecified atom stereocenters. The van der Waals surface area contributed by atoms with Crippen LogP contribution < -0.4 is 5.32 Å². The zero-order valence-corrected chi connectivity index (χ0v) is 16.3. The molecule has 2 aromatic rings. The Bertz CT molecular complexity index is 785. The van der Waals surface area contributed by atoms with Crippen molar-refractivity contribution in [1.82, 2.24) is 15.2 Å². The minimum absolute atomic E-state index is 0.0346. The second-order valence-corrected chi connectivity index (χ2v) is 7.71. The highest BCUT2D eigenvalue weighted by Crippen LogP contribution is 2.31. The van der Waals surface area contributed by atoms with E-state index in [0.717, 1.165) is 36.6 Å². The molecule has 1 aliphatic rings. The van der Waals surface area contributed by atoms with Crippen LogP contribution in [0.4, 0.5) is 0 Å². The van der Waals surface area contributed by atoms with Crippen molar-refractivity contribution in [3.05, 3.63) is 50.9 Å². The van der Waals surface area contributed by atoms with Crippen molar-refractivity contribution in [3.63, 3.8) is 0 Å². The third-order valence-corrected chi connectivity index (χ3v) is 5.85. The Balaban J connectivity index is 1.54. The van der Waals surface area contributed by atoms with Crippen LogP contribution in [0.2, 0.25) is 5.02 Å². The monoisotopic (exact) mass is 391 g/mol. The van der Waals surface area contributed by atoms with E-state index in [-0.39, 0.29) is 11.8 Å². The molecule has 0 aliphatic carbocycles. The second kappa shape index (κ2) is 8.64. The number of nitrogens with one attached hydrogen (secondary N) is 1. The smallest absolute Gasteiger partial charge is 0.253 e. The molecule has 7 heteroatoms. The molecular formula is C19H22ClN3O2S. The van der Waals surface area contributed by atoms with Gasteiger partial charge in [0.15, 0.2) is 0 Å². The standard InChI is InChI=1S/C19H22ClN3O2S/c1-2-17(24)21-11-16-12-26-18(22-16)13-6-8-23(9-7-13)19(25)14-4-3-5-15(20)10-14/h3-5,10,12-13H,2,6-9,11H2,1H3,(H,21,24). The average Bonchev–Trinajstić information content (AvgIpc) is 3.14. The maximum atomic E-state index is 12.6. The molecule has 1 aromatic heterocycles. The SMILES string of the molecule is CCC(=O)NCc1csc(C2CCN(C(=O)c3cccc(Cl)c3)CC2)n1. The highest BCUT2D eigenvalue weighted by molar-refractivity contribution is 7.09. The lowest BCUT2D eigenvalue weighted by atomic mass is 9.97. The van der Waals surface area contributed by atoms with Gasteiger partial charge in [-0.2, -0.15) is 0 Å². The summed E-state index contributed by atoms with van der Waals surface area (Å²) in [6.07, 6.45) is 2.29. The lowest BCUT2D eigenvalue weighted by Gasteiger charge is -2.31. The van der Waals surface area contributed by atoms with Crippen LogP contribution >= 0.6 is 22.9 Å². The Hall–Kier alpha value is -1.92. The van der Waals surface area contributed by atoms with Crippen LogP contribution in [0.25, 0.3) is 0 Å². The van der Waals surface area contributed by atoms with Crippen molar-refractivity contribution in [2.45, 2.75) is 38.6 Å². The Kier molecular flexibility index (Phi) is 6.27. The molecule has 26 heavy (non-hydrogen) atoms. The van der Waals surface area contributed by atoms with Gasteiger partial charge in [0, 0.05) is 41.4 Å². The predicted molar refractivity (Wildman–Crippen MR) is 104 cm³/mol. The molecule has 3 rings (SSSR count). The largest absolute Gasteiger partial charge is 0.350 e. The normalized spacial score (nSPS) is 15.1. The summed E-state index contributed by atoms with van der Waals surface area (Å²) >= 11 is 7.62. The number of hydrogen-bond acceptors (Lipinski definition) is 4. The van der Waals surface area contributed by atoms with Crippen molar-refractivity contribution in [3.8, 4) is 0 Å². The van der Waals surface area contributed by atoms with Crippen molar-refractivity contribution >= 4 is 34.8 Å². The number of piperidine rings is 1. The molecule has 1 saturated heterocycles. The van der Waals surface area contributed by atoms with Gasteiger partial charge in [-0.05, 0) is 31.0 Å². The second-order valence-electron chi connectivity index (χ2n) is 6.38. The van der Waals surface area contributed by atoms with E-state index in [1.165, 1.54) is 0 Å². The number of halogens is 1. The molecule has 0 saturated carbocycles. The molecule has 1 fully saturated rings. The summed E-state index contributed by atoms with van der Waals surface area (Å²) in [7, 11) is 0. The summed E-state index contributed by atoms with van der Waals surface area (Å²) in [4.78, 5) is 30.5. The summed E-state index contributed by atoms with van der Waals surface area (Å²) in [6, 6.07) is 7.09. The Morgan fingerprint density at radius 3 is 2.81 bits per heavy atom. The molecule has 0 radical (unpaired) electrons. The van der Waals surface area contributed by atoms with Crippen LogP contribution in [-0.2, 0) is 11.3 Å². The van der Waals surface area contributed by atoms with Crippen molar-refractivity contribution in [1.29, 1.82) is 0 Å². The first kappa shape index (κ1) is 18.9. The number of amides is 2. The number of likely N-dealkylation sites (tertiary alicyclic amines) is 1. The van der Waals surface area contributed by atoms with Crippen LogP contribution in [0.3, 0.4) is 0 Å². The van der Waals surface area contributed by atoms with Crippen molar-refractivity contribution < 1.29 is 9.59 Å². The number of hydrogen-bond donors (Lipinski definition) is 1. The molecule has 1 N–H and O–H groups in total. The highest BCUT2D eigenvalue weighted by atomic mass is 35.5. The van der Waals surface area contributed by atoms with Gasteiger partial charge >= 0.3 is 0 Å². The first-order valence-electron chi connectivity index (χ1n) is 8.82. The van der Waals surface area contributed by atoms with Gasteiger partial charge in [0.05, 0.1) is 17.2 Å². The first-order chi connectivity index (χ1) is 12.6. The van der Waals surface area contributed by atoms with E-state index < -0.39 is 0 Å². The number of rotatable bonds is 5. The maximum Gasteiger partial charge on any atom is 0.253 e. The maximum absolute atomic E-state index is 12.6. The minimum atomic E-state index is 0.0346. The lowest BCUT2D eigenvalue weighted by Crippen LogP contribution is -2.37. The molecule has 0 spiro atoms. The molecule has 5 nitrogen and oxygen atoms in total. The fraction of sp³-hybridized carbons (Fsp3) is 0.421. The minimum Gasteiger partial charge on any atom is -0.350 e. The summed E-state index contributed by atoms with van der Waals surface area (Å²) in [6.45, 7) is 3.75. The number of thiazole rings is 1. The molecule has 138 valence electrons. The molecule has 0 bridgehead atoms. The lowest BCUT2D eigenvalue weighted by molar-refractivity contribution is -0.120. The van der Waals surface area contributed by atoms with Gasteiger partial charge in [0.25, 0.3) is 5.91 Å². The third-order valence-electron chi connectivity index (χ3n) is 4.56. The zero-order valence-electron chi connectivity index (χ0n) is 14.7. The van der Waals surface area contributed by atoms with Gasteiger partial charge in [0.2, 0.25) is 5.91 Å². The van der Waals surface area contributed by atoms with E-state index in [0.29, 0.717) is 29.5 Å². The average molecular weight is 392 g/mol. The summed E-state index contributed by atoms with van der Waals surface area (Å²) < 4.78 is 0. The van der Waals surface area contributed by atoms with E-state index >= 15 is 0 Å². The van der Waals surface area contributed by atoms with E-state index in [2.05, 4.69) is 10.3 Å². The van der Waals surface area contributed by atoms with Gasteiger partial charge in [-0.25, -0.2) is 4.98 Å². The summed E-state index contributed by atoms with van der Waals surface area (Å²) in [5, 5.41) is 6.54. The number of benzene rings is 1. The Morgan fingerprint density at radius 2 is 2.12 bits per heavy atom. The number of aromatic nitrogens is 1. The van der Waals surface area contributed by atoms with Crippen LogP contribution in [0.1, 0.15) is 53.2 Å². The number of nitrogens with zero attached hydrogens (tertiary/aromatic N) is 2. The van der Waals surface area contributed by atoms with Crippen LogP contribution in [0.5, 0.6) is 0 Å². The fourth-order valence-corrected chi connectivity index (χ4v) is 4.22. The van der Waals surface area contributed by atoms with Gasteiger partial charge in [-0.3, -0.25) is 9.59 Å². The van der Waals surface area contributed by atoms with E-state index in [9.17, 15) is 9.59 Å².